The molecule has 0 saturated heterocycles. The monoisotopic (exact) mass is 360 g/mol. The maximum Gasteiger partial charge on any atom is 0.161 e. The lowest BCUT2D eigenvalue weighted by molar-refractivity contribution is 0.621. The third-order valence-corrected chi connectivity index (χ3v) is 4.97. The number of anilines is 1. The SMILES string of the molecule is CCC(Nc1nc(-c2ccncc2)nc2c1CCNC2)c1ncccc1C. The molecule has 0 saturated carbocycles. The van der Waals surface area contributed by atoms with E-state index in [9.17, 15) is 0 Å². The third kappa shape index (κ3) is 3.66. The summed E-state index contributed by atoms with van der Waals surface area (Å²) >= 11 is 0. The third-order valence-electron chi connectivity index (χ3n) is 4.97. The zero-order valence-corrected chi connectivity index (χ0v) is 15.7. The molecular formula is C21H24N6. The summed E-state index contributed by atoms with van der Waals surface area (Å²) in [6.45, 7) is 5.99. The second-order valence-corrected chi connectivity index (χ2v) is 6.79. The average molecular weight is 360 g/mol. The molecule has 0 fully saturated rings. The van der Waals surface area contributed by atoms with Gasteiger partial charge in [0.05, 0.1) is 17.4 Å². The van der Waals surface area contributed by atoms with E-state index in [1.807, 2.05) is 24.4 Å². The summed E-state index contributed by atoms with van der Waals surface area (Å²) in [6.07, 6.45) is 7.25. The highest BCUT2D eigenvalue weighted by Crippen LogP contribution is 2.29. The van der Waals surface area contributed by atoms with Crippen LogP contribution in [0.15, 0.2) is 42.9 Å². The lowest BCUT2D eigenvalue weighted by Gasteiger charge is -2.24. The molecule has 3 aromatic heterocycles. The number of rotatable bonds is 5. The lowest BCUT2D eigenvalue weighted by atomic mass is 10.0. The Balaban J connectivity index is 1.75. The molecule has 0 bridgehead atoms. The van der Waals surface area contributed by atoms with Gasteiger partial charge in [0.25, 0.3) is 0 Å². The smallest absolute Gasteiger partial charge is 0.161 e. The highest BCUT2D eigenvalue weighted by Gasteiger charge is 2.21. The number of aryl methyl sites for hydroxylation is 1. The van der Waals surface area contributed by atoms with E-state index in [-0.39, 0.29) is 6.04 Å². The number of nitrogens with zero attached hydrogens (tertiary/aromatic N) is 4. The number of aromatic nitrogens is 4. The van der Waals surface area contributed by atoms with Gasteiger partial charge in [-0.1, -0.05) is 13.0 Å². The summed E-state index contributed by atoms with van der Waals surface area (Å²) in [5.74, 6) is 1.65. The van der Waals surface area contributed by atoms with Crippen molar-refractivity contribution < 1.29 is 0 Å². The molecule has 6 nitrogen and oxygen atoms in total. The van der Waals surface area contributed by atoms with E-state index >= 15 is 0 Å². The fourth-order valence-electron chi connectivity index (χ4n) is 3.50. The fraction of sp³-hybridized carbons (Fsp3) is 0.333. The van der Waals surface area contributed by atoms with Gasteiger partial charge in [-0.2, -0.15) is 0 Å². The summed E-state index contributed by atoms with van der Waals surface area (Å²) < 4.78 is 0. The van der Waals surface area contributed by atoms with Crippen LogP contribution in [0.25, 0.3) is 11.4 Å². The normalized spacial score (nSPS) is 14.4. The van der Waals surface area contributed by atoms with Crippen LogP contribution in [-0.2, 0) is 13.0 Å². The first-order valence-corrected chi connectivity index (χ1v) is 9.45. The molecule has 138 valence electrons. The molecule has 4 rings (SSSR count). The lowest BCUT2D eigenvalue weighted by Crippen LogP contribution is -2.27. The Morgan fingerprint density at radius 1 is 1.15 bits per heavy atom. The summed E-state index contributed by atoms with van der Waals surface area (Å²) in [5, 5.41) is 7.08. The largest absolute Gasteiger partial charge is 0.361 e. The minimum Gasteiger partial charge on any atom is -0.361 e. The van der Waals surface area contributed by atoms with Crippen molar-refractivity contribution in [3.8, 4) is 11.4 Å². The van der Waals surface area contributed by atoms with E-state index in [1.165, 1.54) is 11.1 Å². The number of nitrogens with one attached hydrogen (secondary N) is 2. The number of hydrogen-bond donors (Lipinski definition) is 2. The Hall–Kier alpha value is -2.86. The minimum absolute atomic E-state index is 0.116. The topological polar surface area (TPSA) is 75.6 Å². The Labute approximate surface area is 159 Å². The number of pyridine rings is 2. The first-order chi connectivity index (χ1) is 13.3. The van der Waals surface area contributed by atoms with Crippen molar-refractivity contribution in [2.24, 2.45) is 0 Å². The van der Waals surface area contributed by atoms with Crippen LogP contribution in [0.4, 0.5) is 5.82 Å². The molecule has 4 heterocycles. The number of hydrogen-bond acceptors (Lipinski definition) is 6. The Kier molecular flexibility index (Phi) is 5.07. The highest BCUT2D eigenvalue weighted by atomic mass is 15.1. The predicted octanol–water partition coefficient (Wildman–Crippen LogP) is 3.45. The van der Waals surface area contributed by atoms with Crippen LogP contribution in [0, 0.1) is 6.92 Å². The van der Waals surface area contributed by atoms with Gasteiger partial charge in [-0.25, -0.2) is 9.97 Å². The van der Waals surface area contributed by atoms with Crippen molar-refractivity contribution in [3.63, 3.8) is 0 Å². The molecule has 27 heavy (non-hydrogen) atoms. The molecule has 0 spiro atoms. The van der Waals surface area contributed by atoms with Crippen LogP contribution in [-0.4, -0.2) is 26.5 Å². The van der Waals surface area contributed by atoms with Crippen LogP contribution in [0.3, 0.4) is 0 Å². The molecular weight excluding hydrogens is 336 g/mol. The highest BCUT2D eigenvalue weighted by molar-refractivity contribution is 5.60. The standard InChI is InChI=1S/C21H24N6/c1-3-17(19-14(2)5-4-9-24-19)25-21-16-8-12-23-13-18(16)26-20(27-21)15-6-10-22-11-7-15/h4-7,9-11,17,23H,3,8,12-13H2,1-2H3,(H,25,26,27). The van der Waals surface area contributed by atoms with E-state index in [1.54, 1.807) is 12.4 Å². The van der Waals surface area contributed by atoms with Crippen molar-refractivity contribution in [2.45, 2.75) is 39.3 Å². The van der Waals surface area contributed by atoms with E-state index in [4.69, 9.17) is 9.97 Å². The van der Waals surface area contributed by atoms with Gasteiger partial charge < -0.3 is 10.6 Å². The van der Waals surface area contributed by atoms with Gasteiger partial charge in [0, 0.05) is 36.3 Å². The second-order valence-electron chi connectivity index (χ2n) is 6.79. The van der Waals surface area contributed by atoms with Crippen LogP contribution in [0.1, 0.15) is 41.9 Å². The van der Waals surface area contributed by atoms with Crippen LogP contribution in [0.5, 0.6) is 0 Å². The van der Waals surface area contributed by atoms with Crippen molar-refractivity contribution in [1.82, 2.24) is 25.3 Å². The Bertz CT molecular complexity index is 925. The van der Waals surface area contributed by atoms with E-state index in [0.29, 0.717) is 0 Å². The first-order valence-electron chi connectivity index (χ1n) is 9.45. The quantitative estimate of drug-likeness (QED) is 0.726. The van der Waals surface area contributed by atoms with Crippen LogP contribution < -0.4 is 10.6 Å². The molecule has 0 aromatic carbocycles. The van der Waals surface area contributed by atoms with Gasteiger partial charge in [0.2, 0.25) is 0 Å². The van der Waals surface area contributed by atoms with E-state index in [2.05, 4.69) is 40.5 Å². The molecule has 0 amide bonds. The molecule has 1 aliphatic heterocycles. The molecule has 2 N–H and O–H groups in total. The van der Waals surface area contributed by atoms with Crippen molar-refractivity contribution >= 4 is 5.82 Å². The van der Waals surface area contributed by atoms with Gasteiger partial charge in [-0.15, -0.1) is 0 Å². The molecule has 3 aromatic rings. The zero-order valence-electron chi connectivity index (χ0n) is 15.7. The van der Waals surface area contributed by atoms with Gasteiger partial charge in [-0.3, -0.25) is 9.97 Å². The Morgan fingerprint density at radius 3 is 2.78 bits per heavy atom. The van der Waals surface area contributed by atoms with E-state index in [0.717, 1.165) is 54.5 Å². The minimum atomic E-state index is 0.116. The summed E-state index contributed by atoms with van der Waals surface area (Å²) in [7, 11) is 0. The first kappa shape index (κ1) is 17.5. The van der Waals surface area contributed by atoms with Crippen molar-refractivity contribution in [2.75, 3.05) is 11.9 Å². The van der Waals surface area contributed by atoms with Gasteiger partial charge >= 0.3 is 0 Å². The van der Waals surface area contributed by atoms with Crippen LogP contribution in [0.2, 0.25) is 0 Å². The molecule has 0 aliphatic carbocycles. The van der Waals surface area contributed by atoms with Gasteiger partial charge in [0.15, 0.2) is 5.82 Å². The van der Waals surface area contributed by atoms with E-state index < -0.39 is 0 Å². The second kappa shape index (κ2) is 7.80. The molecule has 1 unspecified atom stereocenters. The fourth-order valence-corrected chi connectivity index (χ4v) is 3.50. The number of fused-ring (bicyclic) bond motifs is 1. The maximum atomic E-state index is 4.89. The summed E-state index contributed by atoms with van der Waals surface area (Å²) in [4.78, 5) is 18.4. The molecule has 1 aliphatic rings. The average Bonchev–Trinajstić information content (AvgIpc) is 2.73. The maximum absolute atomic E-state index is 4.89. The predicted molar refractivity (Wildman–Crippen MR) is 106 cm³/mol. The molecule has 1 atom stereocenters. The van der Waals surface area contributed by atoms with Gasteiger partial charge in [0.1, 0.15) is 5.82 Å². The Morgan fingerprint density at radius 2 is 2.00 bits per heavy atom. The summed E-state index contributed by atoms with van der Waals surface area (Å²) in [5.41, 5.74) is 5.52. The van der Waals surface area contributed by atoms with Gasteiger partial charge in [-0.05, 0) is 50.1 Å². The zero-order chi connectivity index (χ0) is 18.6. The summed E-state index contributed by atoms with van der Waals surface area (Å²) in [6, 6.07) is 8.09. The molecule has 0 radical (unpaired) electrons. The van der Waals surface area contributed by atoms with Crippen molar-refractivity contribution in [1.29, 1.82) is 0 Å². The van der Waals surface area contributed by atoms with Crippen molar-refractivity contribution in [3.05, 3.63) is 65.4 Å². The molecule has 6 heteroatoms. The van der Waals surface area contributed by atoms with Crippen LogP contribution >= 0.6 is 0 Å².